The highest BCUT2D eigenvalue weighted by Crippen LogP contribution is 2.19. The number of nitrogens with zero attached hydrogens (tertiary/aromatic N) is 1. The zero-order valence-corrected chi connectivity index (χ0v) is 16.2. The molecular formula is C20H21Cl2N3O2. The molecule has 1 fully saturated rings. The Morgan fingerprint density at radius 2 is 1.67 bits per heavy atom. The van der Waals surface area contributed by atoms with Crippen LogP contribution in [0.2, 0.25) is 10.0 Å². The van der Waals surface area contributed by atoms with Crippen molar-refractivity contribution in [3.8, 4) is 0 Å². The normalized spacial score (nSPS) is 20.2. The topological polar surface area (TPSA) is 73.7 Å². The molecule has 5 nitrogen and oxygen atoms in total. The van der Waals surface area contributed by atoms with Crippen LogP contribution in [0.15, 0.2) is 53.5 Å². The number of aliphatic hydroxyl groups is 1. The van der Waals surface area contributed by atoms with Gasteiger partial charge in [-0.3, -0.25) is 4.79 Å². The minimum atomic E-state index is -0.398. The lowest BCUT2D eigenvalue weighted by molar-refractivity contribution is 0.100. The maximum atomic E-state index is 12.6. The first kappa shape index (κ1) is 19.7. The van der Waals surface area contributed by atoms with Crippen LogP contribution >= 0.6 is 23.2 Å². The maximum Gasteiger partial charge on any atom is 0.280 e. The van der Waals surface area contributed by atoms with E-state index in [0.29, 0.717) is 21.6 Å². The molecule has 0 aliphatic heterocycles. The second-order valence-electron chi connectivity index (χ2n) is 6.56. The molecule has 7 heteroatoms. The monoisotopic (exact) mass is 405 g/mol. The van der Waals surface area contributed by atoms with Gasteiger partial charge in [0.2, 0.25) is 5.96 Å². The summed E-state index contributed by atoms with van der Waals surface area (Å²) in [6.45, 7) is 0. The van der Waals surface area contributed by atoms with Crippen molar-refractivity contribution in [3.05, 3.63) is 64.1 Å². The number of hydrogen-bond acceptors (Lipinski definition) is 2. The van der Waals surface area contributed by atoms with Crippen molar-refractivity contribution in [2.75, 3.05) is 5.32 Å². The molecule has 142 valence electrons. The summed E-state index contributed by atoms with van der Waals surface area (Å²) in [6, 6.07) is 14.0. The predicted octanol–water partition coefficient (Wildman–Crippen LogP) is 4.49. The first-order valence-corrected chi connectivity index (χ1v) is 9.61. The number of hydrogen-bond donors (Lipinski definition) is 3. The zero-order valence-electron chi connectivity index (χ0n) is 14.7. The number of nitrogens with one attached hydrogen (secondary N) is 2. The van der Waals surface area contributed by atoms with Crippen LogP contribution < -0.4 is 10.6 Å². The van der Waals surface area contributed by atoms with E-state index in [1.165, 1.54) is 0 Å². The number of aliphatic imine (C=N–C) groups is 1. The van der Waals surface area contributed by atoms with Crippen LogP contribution in [0.1, 0.15) is 36.0 Å². The molecular weight excluding hydrogens is 385 g/mol. The molecule has 0 saturated heterocycles. The highest BCUT2D eigenvalue weighted by molar-refractivity contribution is 6.31. The zero-order chi connectivity index (χ0) is 19.2. The molecule has 3 rings (SSSR count). The number of halogens is 2. The summed E-state index contributed by atoms with van der Waals surface area (Å²) in [6.07, 6.45) is 2.82. The van der Waals surface area contributed by atoms with Crippen molar-refractivity contribution in [2.24, 2.45) is 4.99 Å². The number of anilines is 1. The average molecular weight is 406 g/mol. The van der Waals surface area contributed by atoms with Gasteiger partial charge in [0.05, 0.1) is 6.10 Å². The molecule has 0 radical (unpaired) electrons. The van der Waals surface area contributed by atoms with E-state index in [4.69, 9.17) is 23.2 Å². The van der Waals surface area contributed by atoms with E-state index >= 15 is 0 Å². The summed E-state index contributed by atoms with van der Waals surface area (Å²) >= 11 is 12.0. The minimum absolute atomic E-state index is 0.131. The fraction of sp³-hybridized carbons (Fsp3) is 0.300. The van der Waals surface area contributed by atoms with E-state index in [0.717, 1.165) is 31.4 Å². The summed E-state index contributed by atoms with van der Waals surface area (Å²) in [5.41, 5.74) is 1.14. The van der Waals surface area contributed by atoms with E-state index in [2.05, 4.69) is 15.6 Å². The molecule has 0 unspecified atom stereocenters. The smallest absolute Gasteiger partial charge is 0.280 e. The number of carbonyl (C=O) groups excluding carboxylic acids is 1. The lowest BCUT2D eigenvalue weighted by atomic mass is 9.93. The largest absolute Gasteiger partial charge is 0.393 e. The molecule has 0 heterocycles. The fourth-order valence-electron chi connectivity index (χ4n) is 3.00. The number of guanidine groups is 1. The molecule has 3 N–H and O–H groups in total. The first-order valence-electron chi connectivity index (χ1n) is 8.85. The van der Waals surface area contributed by atoms with Gasteiger partial charge in [-0.1, -0.05) is 35.3 Å². The molecule has 27 heavy (non-hydrogen) atoms. The van der Waals surface area contributed by atoms with Crippen LogP contribution in [-0.2, 0) is 0 Å². The van der Waals surface area contributed by atoms with Gasteiger partial charge in [-0.15, -0.1) is 0 Å². The number of rotatable bonds is 3. The van der Waals surface area contributed by atoms with Gasteiger partial charge in [0.1, 0.15) is 0 Å². The van der Waals surface area contributed by atoms with Gasteiger partial charge in [-0.05, 0) is 62.1 Å². The van der Waals surface area contributed by atoms with E-state index in [9.17, 15) is 9.90 Å². The molecule has 1 aliphatic carbocycles. The number of aliphatic hydroxyl groups excluding tert-OH is 1. The molecule has 1 saturated carbocycles. The molecule has 2 aromatic rings. The minimum Gasteiger partial charge on any atom is -0.393 e. The van der Waals surface area contributed by atoms with Crippen molar-refractivity contribution in [1.29, 1.82) is 0 Å². The van der Waals surface area contributed by atoms with Crippen molar-refractivity contribution < 1.29 is 9.90 Å². The van der Waals surface area contributed by atoms with Crippen LogP contribution in [-0.4, -0.2) is 29.1 Å². The Morgan fingerprint density at radius 1 is 1.00 bits per heavy atom. The van der Waals surface area contributed by atoms with E-state index < -0.39 is 5.91 Å². The van der Waals surface area contributed by atoms with Gasteiger partial charge in [0, 0.05) is 27.3 Å². The average Bonchev–Trinajstić information content (AvgIpc) is 2.63. The number of carbonyl (C=O) groups is 1. The Labute approximate surface area is 168 Å². The van der Waals surface area contributed by atoms with E-state index in [1.54, 1.807) is 36.4 Å². The molecule has 2 aromatic carbocycles. The Morgan fingerprint density at radius 3 is 2.33 bits per heavy atom. The molecule has 0 spiro atoms. The third-order valence-corrected chi connectivity index (χ3v) is 4.88. The Balaban J connectivity index is 1.80. The predicted molar refractivity (Wildman–Crippen MR) is 110 cm³/mol. The van der Waals surface area contributed by atoms with Crippen LogP contribution in [0.5, 0.6) is 0 Å². The third-order valence-electron chi connectivity index (χ3n) is 4.41. The summed E-state index contributed by atoms with van der Waals surface area (Å²) < 4.78 is 0. The van der Waals surface area contributed by atoms with Crippen molar-refractivity contribution in [2.45, 2.75) is 37.8 Å². The van der Waals surface area contributed by atoms with Crippen LogP contribution in [0, 0.1) is 0 Å². The quantitative estimate of drug-likeness (QED) is 0.519. The van der Waals surface area contributed by atoms with E-state index in [-0.39, 0.29) is 12.1 Å². The van der Waals surface area contributed by atoms with Gasteiger partial charge in [-0.2, -0.15) is 4.99 Å². The molecule has 1 aliphatic rings. The molecule has 0 aromatic heterocycles. The van der Waals surface area contributed by atoms with Gasteiger partial charge in [0.15, 0.2) is 0 Å². The van der Waals surface area contributed by atoms with Crippen molar-refractivity contribution in [3.63, 3.8) is 0 Å². The first-order chi connectivity index (χ1) is 13.0. The Hall–Kier alpha value is -2.08. The van der Waals surface area contributed by atoms with Crippen molar-refractivity contribution in [1.82, 2.24) is 5.32 Å². The maximum absolute atomic E-state index is 12.6. The summed E-state index contributed by atoms with van der Waals surface area (Å²) in [4.78, 5) is 16.8. The second kappa shape index (κ2) is 9.22. The van der Waals surface area contributed by atoms with Crippen LogP contribution in [0.25, 0.3) is 0 Å². The second-order valence-corrected chi connectivity index (χ2v) is 7.43. The molecule has 0 atom stereocenters. The van der Waals surface area contributed by atoms with Gasteiger partial charge in [-0.25, -0.2) is 0 Å². The highest BCUT2D eigenvalue weighted by Gasteiger charge is 2.21. The van der Waals surface area contributed by atoms with Crippen LogP contribution in [0.4, 0.5) is 5.69 Å². The lowest BCUT2D eigenvalue weighted by Gasteiger charge is -2.27. The standard InChI is InChI=1S/C20H21Cl2N3O2/c21-14-4-1-3-13(11-14)19(27)25-20(23-16-7-9-18(26)10-8-16)24-17-6-2-5-15(22)12-17/h1-6,11-12,16,18,26H,7-10H2,(H2,23,24,25,27)/t16-,18-. The third kappa shape index (κ3) is 5.96. The molecule has 0 bridgehead atoms. The van der Waals surface area contributed by atoms with Gasteiger partial charge in [0.25, 0.3) is 5.91 Å². The van der Waals surface area contributed by atoms with Gasteiger partial charge >= 0.3 is 0 Å². The van der Waals surface area contributed by atoms with E-state index in [1.807, 2.05) is 12.1 Å². The Bertz CT molecular complexity index is 833. The summed E-state index contributed by atoms with van der Waals surface area (Å²) in [5.74, 6) is -0.0472. The van der Waals surface area contributed by atoms with Crippen LogP contribution in [0.3, 0.4) is 0 Å². The fourth-order valence-corrected chi connectivity index (χ4v) is 3.38. The number of benzene rings is 2. The highest BCUT2D eigenvalue weighted by atomic mass is 35.5. The van der Waals surface area contributed by atoms with Crippen molar-refractivity contribution >= 4 is 40.8 Å². The Kier molecular flexibility index (Phi) is 6.72. The van der Waals surface area contributed by atoms with Gasteiger partial charge < -0.3 is 15.7 Å². The molecule has 1 amide bonds. The lowest BCUT2D eigenvalue weighted by Crippen LogP contribution is -2.42. The SMILES string of the molecule is O=C(/N=C(/Nc1cccc(Cl)c1)N[C@H]1CC[C@H](O)CC1)c1cccc(Cl)c1. The summed E-state index contributed by atoms with van der Waals surface area (Å²) in [5, 5.41) is 17.2. The summed E-state index contributed by atoms with van der Waals surface area (Å²) in [7, 11) is 0. The number of amides is 1.